The molecule has 0 aliphatic heterocycles. The Bertz CT molecular complexity index is 828. The summed E-state index contributed by atoms with van der Waals surface area (Å²) in [7, 11) is 0.285. The van der Waals surface area contributed by atoms with Gasteiger partial charge in [0.15, 0.2) is 0 Å². The largest absolute Gasteiger partial charge is 0.489 e. The molecule has 0 unspecified atom stereocenters. The Hall–Kier alpha value is -2.15. The number of benzene rings is 2. The van der Waals surface area contributed by atoms with Gasteiger partial charge in [-0.1, -0.05) is 56.0 Å². The molecular weight excluding hydrogens is 408 g/mol. The summed E-state index contributed by atoms with van der Waals surface area (Å²) in [6, 6.07) is 16.9. The molecule has 2 aromatic carbocycles. The first-order chi connectivity index (χ1) is 14.6. The van der Waals surface area contributed by atoms with Crippen LogP contribution in [-0.2, 0) is 37.6 Å². The first-order valence-corrected chi connectivity index (χ1v) is 14.4. The number of hydrogen-bond acceptors (Lipinski definition) is 5. The third-order valence-electron chi connectivity index (χ3n) is 5.14. The molecule has 0 atom stereocenters. The second kappa shape index (κ2) is 11.5. The molecule has 31 heavy (non-hydrogen) atoms. The number of methoxy groups -OCH3 is 1. The zero-order valence-corrected chi connectivity index (χ0v) is 20.7. The maximum Gasteiger partial charge on any atom is 0.315 e. The van der Waals surface area contributed by atoms with Crippen LogP contribution in [0.2, 0.25) is 25.7 Å². The second-order valence-electron chi connectivity index (χ2n) is 9.40. The monoisotopic (exact) mass is 444 g/mol. The zero-order chi connectivity index (χ0) is 22.9. The molecule has 2 rings (SSSR count). The van der Waals surface area contributed by atoms with Crippen LogP contribution in [0.1, 0.15) is 30.5 Å². The lowest BCUT2D eigenvalue weighted by atomic mass is 9.84. The van der Waals surface area contributed by atoms with Crippen molar-refractivity contribution in [1.29, 1.82) is 0 Å². The highest BCUT2D eigenvalue weighted by atomic mass is 28.3. The molecule has 0 radical (unpaired) electrons. The Morgan fingerprint density at radius 2 is 1.68 bits per heavy atom. The minimum atomic E-state index is -1.12. The normalized spacial score (nSPS) is 11.9. The average molecular weight is 445 g/mol. The third-order valence-corrected chi connectivity index (χ3v) is 6.84. The van der Waals surface area contributed by atoms with E-state index in [0.717, 1.165) is 28.5 Å². The third kappa shape index (κ3) is 8.13. The summed E-state index contributed by atoms with van der Waals surface area (Å²) in [5, 5.41) is 0. The summed E-state index contributed by atoms with van der Waals surface area (Å²) in [5.74, 6) is 0.447. The smallest absolute Gasteiger partial charge is 0.315 e. The number of ether oxygens (including phenoxy) is 4. The Morgan fingerprint density at radius 3 is 2.32 bits per heavy atom. The van der Waals surface area contributed by atoms with Crippen LogP contribution >= 0.6 is 0 Å². The van der Waals surface area contributed by atoms with Crippen molar-refractivity contribution >= 4 is 14.0 Å². The lowest BCUT2D eigenvalue weighted by Crippen LogP contribution is -2.30. The van der Waals surface area contributed by atoms with Crippen molar-refractivity contribution in [3.05, 3.63) is 65.2 Å². The highest BCUT2D eigenvalue weighted by molar-refractivity contribution is 6.76. The van der Waals surface area contributed by atoms with Crippen LogP contribution in [0.25, 0.3) is 0 Å². The number of esters is 1. The van der Waals surface area contributed by atoms with E-state index < -0.39 is 13.5 Å². The van der Waals surface area contributed by atoms with Crippen molar-refractivity contribution in [3.8, 4) is 5.75 Å². The molecule has 6 heteroatoms. The zero-order valence-electron chi connectivity index (χ0n) is 19.7. The molecule has 170 valence electrons. The topological polar surface area (TPSA) is 54.0 Å². The van der Waals surface area contributed by atoms with Gasteiger partial charge in [0.05, 0.1) is 19.1 Å². The van der Waals surface area contributed by atoms with E-state index in [2.05, 4.69) is 19.6 Å². The summed E-state index contributed by atoms with van der Waals surface area (Å²) in [6.07, 6.45) is 0. The van der Waals surface area contributed by atoms with Crippen LogP contribution in [0.3, 0.4) is 0 Å². The van der Waals surface area contributed by atoms with Crippen molar-refractivity contribution in [2.24, 2.45) is 0 Å². The van der Waals surface area contributed by atoms with Crippen LogP contribution in [-0.4, -0.2) is 34.6 Å². The number of carbonyl (C=O) groups excluding carboxylic acids is 1. The van der Waals surface area contributed by atoms with E-state index in [9.17, 15) is 4.79 Å². The van der Waals surface area contributed by atoms with Gasteiger partial charge in [0.25, 0.3) is 0 Å². The van der Waals surface area contributed by atoms with E-state index in [1.54, 1.807) is 0 Å². The Kier molecular flexibility index (Phi) is 9.28. The standard InChI is InChI=1S/C25H36O5Si/c1-25(2,24(26)27-3)22-12-13-23(30-17-20-10-8-7-9-11-20)21(16-22)18-29-19-28-14-15-31(4,5)6/h7-13,16H,14-15,17-19H2,1-6H3. The molecule has 0 bridgehead atoms. The SMILES string of the molecule is COC(=O)C(C)(C)c1ccc(OCc2ccccc2)c(COCOCC[Si](C)(C)C)c1. The molecule has 2 aromatic rings. The Morgan fingerprint density at radius 1 is 0.968 bits per heavy atom. The second-order valence-corrected chi connectivity index (χ2v) is 15.0. The van der Waals surface area contributed by atoms with Gasteiger partial charge < -0.3 is 18.9 Å². The van der Waals surface area contributed by atoms with Gasteiger partial charge in [-0.3, -0.25) is 4.79 Å². The predicted octanol–water partition coefficient (Wildman–Crippen LogP) is 5.55. The van der Waals surface area contributed by atoms with E-state index in [1.165, 1.54) is 7.11 Å². The summed E-state index contributed by atoms with van der Waals surface area (Å²) >= 11 is 0. The Labute approximate surface area is 187 Å². The van der Waals surface area contributed by atoms with Crippen molar-refractivity contribution in [1.82, 2.24) is 0 Å². The van der Waals surface area contributed by atoms with Crippen LogP contribution < -0.4 is 4.74 Å². The summed E-state index contributed by atoms with van der Waals surface area (Å²) in [5.41, 5.74) is 2.04. The van der Waals surface area contributed by atoms with E-state index in [0.29, 0.717) is 19.8 Å². The molecule has 0 saturated carbocycles. The molecule has 0 spiro atoms. The Balaban J connectivity index is 2.09. The van der Waals surface area contributed by atoms with E-state index >= 15 is 0 Å². The number of hydrogen-bond donors (Lipinski definition) is 0. The fraction of sp³-hybridized carbons (Fsp3) is 0.480. The molecule has 5 nitrogen and oxygen atoms in total. The summed E-state index contributed by atoms with van der Waals surface area (Å²) in [4.78, 5) is 12.3. The molecule has 0 aliphatic carbocycles. The minimum absolute atomic E-state index is 0.229. The molecule has 0 aliphatic rings. The van der Waals surface area contributed by atoms with Crippen molar-refractivity contribution < 1.29 is 23.7 Å². The van der Waals surface area contributed by atoms with E-state index in [1.807, 2.05) is 62.4 Å². The molecule has 0 amide bonds. The van der Waals surface area contributed by atoms with Crippen LogP contribution in [0.15, 0.2) is 48.5 Å². The van der Waals surface area contributed by atoms with Crippen LogP contribution in [0, 0.1) is 0 Å². The molecule has 0 aromatic heterocycles. The van der Waals surface area contributed by atoms with Gasteiger partial charge in [-0.2, -0.15) is 0 Å². The molecular formula is C25H36O5Si. The van der Waals surface area contributed by atoms with Crippen molar-refractivity contribution in [2.75, 3.05) is 20.5 Å². The van der Waals surface area contributed by atoms with E-state index in [4.69, 9.17) is 18.9 Å². The molecule has 0 fully saturated rings. The highest BCUT2D eigenvalue weighted by Gasteiger charge is 2.31. The van der Waals surface area contributed by atoms with Gasteiger partial charge >= 0.3 is 5.97 Å². The summed E-state index contributed by atoms with van der Waals surface area (Å²) in [6.45, 7) is 12.4. The lowest BCUT2D eigenvalue weighted by Gasteiger charge is -2.23. The highest BCUT2D eigenvalue weighted by Crippen LogP contribution is 2.30. The number of carbonyl (C=O) groups is 1. The first kappa shape index (κ1) is 25.1. The lowest BCUT2D eigenvalue weighted by molar-refractivity contribution is -0.146. The van der Waals surface area contributed by atoms with Gasteiger partial charge in [-0.15, -0.1) is 0 Å². The van der Waals surface area contributed by atoms with Gasteiger partial charge in [0, 0.05) is 20.2 Å². The van der Waals surface area contributed by atoms with E-state index in [-0.39, 0.29) is 12.8 Å². The van der Waals surface area contributed by atoms with Crippen LogP contribution in [0.4, 0.5) is 0 Å². The van der Waals surface area contributed by atoms with Crippen molar-refractivity contribution in [2.45, 2.75) is 58.2 Å². The molecule has 0 N–H and O–H groups in total. The van der Waals surface area contributed by atoms with Gasteiger partial charge in [-0.05, 0) is 43.2 Å². The average Bonchev–Trinajstić information content (AvgIpc) is 2.74. The van der Waals surface area contributed by atoms with Crippen LogP contribution in [0.5, 0.6) is 5.75 Å². The predicted molar refractivity (Wildman–Crippen MR) is 126 cm³/mol. The number of rotatable bonds is 12. The fourth-order valence-electron chi connectivity index (χ4n) is 2.98. The fourth-order valence-corrected chi connectivity index (χ4v) is 3.73. The maximum atomic E-state index is 12.3. The maximum absolute atomic E-state index is 12.3. The molecule has 0 heterocycles. The van der Waals surface area contributed by atoms with Gasteiger partial charge in [0.1, 0.15) is 19.1 Å². The quantitative estimate of drug-likeness (QED) is 0.186. The first-order valence-electron chi connectivity index (χ1n) is 10.7. The van der Waals surface area contributed by atoms with Gasteiger partial charge in [0.2, 0.25) is 0 Å². The van der Waals surface area contributed by atoms with Gasteiger partial charge in [-0.25, -0.2) is 0 Å². The van der Waals surface area contributed by atoms with Crippen molar-refractivity contribution in [3.63, 3.8) is 0 Å². The summed E-state index contributed by atoms with van der Waals surface area (Å²) < 4.78 is 22.5. The minimum Gasteiger partial charge on any atom is -0.489 e. The molecule has 0 saturated heterocycles.